The Hall–Kier alpha value is 0.320. The van der Waals surface area contributed by atoms with Gasteiger partial charge in [-0.1, -0.05) is 22.6 Å². The molecule has 2 saturated carbocycles. The summed E-state index contributed by atoms with van der Waals surface area (Å²) in [6.07, 6.45) is 6.48. The monoisotopic (exact) mass is 789 g/mol. The van der Waals surface area contributed by atoms with E-state index in [0.717, 1.165) is 47.4 Å². The molecule has 0 amide bonds. The van der Waals surface area contributed by atoms with Gasteiger partial charge in [-0.25, -0.2) is 0 Å². The maximum absolute atomic E-state index is 12.4. The summed E-state index contributed by atoms with van der Waals surface area (Å²) in [6, 6.07) is 0. The third-order valence-electron chi connectivity index (χ3n) is 11.5. The van der Waals surface area contributed by atoms with Gasteiger partial charge in [0.25, 0.3) is 0 Å². The van der Waals surface area contributed by atoms with E-state index in [1.54, 1.807) is 0 Å². The Morgan fingerprint density at radius 3 is 2.45 bits per heavy atom. The predicted octanol–water partition coefficient (Wildman–Crippen LogP) is 3.87. The molecule has 1 heterocycles. The van der Waals surface area contributed by atoms with E-state index < -0.39 is 33.8 Å². The van der Waals surface area contributed by atoms with Crippen molar-refractivity contribution in [2.45, 2.75) is 138 Å². The fourth-order valence-electron chi connectivity index (χ4n) is 8.04. The molecule has 1 saturated heterocycles. The third-order valence-corrected chi connectivity index (χ3v) is 14.0. The fourth-order valence-corrected chi connectivity index (χ4v) is 10.9. The van der Waals surface area contributed by atoms with Crippen molar-refractivity contribution < 1.29 is 49.2 Å². The number of halogens is 2. The van der Waals surface area contributed by atoms with E-state index >= 15 is 0 Å². The molecule has 234 valence electrons. The van der Waals surface area contributed by atoms with Crippen LogP contribution in [0.4, 0.5) is 0 Å². The Morgan fingerprint density at radius 2 is 1.82 bits per heavy atom. The van der Waals surface area contributed by atoms with Crippen molar-refractivity contribution in [3.05, 3.63) is 0 Å². The van der Waals surface area contributed by atoms with Crippen LogP contribution >= 0.6 is 22.6 Å². The molecule has 40 heavy (non-hydrogen) atoms. The van der Waals surface area contributed by atoms with Crippen LogP contribution in [0, 0.1) is 38.9 Å². The van der Waals surface area contributed by atoms with Crippen molar-refractivity contribution in [3.63, 3.8) is 0 Å². The molecule has 0 bridgehead atoms. The summed E-state index contributed by atoms with van der Waals surface area (Å²) in [5.74, 6) is 0.683. The van der Waals surface area contributed by atoms with Crippen molar-refractivity contribution in [2.75, 3.05) is 8.86 Å². The molecule has 8 heteroatoms. The average Bonchev–Trinajstić information content (AvgIpc) is 3.67. The number of carbonyl (C=O) groups excluding carboxylic acids is 2. The summed E-state index contributed by atoms with van der Waals surface area (Å²) < 4.78 is 13.4. The minimum atomic E-state index is -0.897. The van der Waals surface area contributed by atoms with Gasteiger partial charge in [-0.15, -0.1) is 0 Å². The van der Waals surface area contributed by atoms with E-state index in [-0.39, 0.29) is 52.5 Å². The molecule has 0 aromatic rings. The normalized spacial score (nSPS) is 33.3. The Labute approximate surface area is 267 Å². The second kappa shape index (κ2) is 13.1. The number of hydrogen-bond acceptors (Lipinski definition) is 6. The van der Waals surface area contributed by atoms with Gasteiger partial charge < -0.3 is 0 Å². The molecule has 3 unspecified atom stereocenters. The van der Waals surface area contributed by atoms with Crippen LogP contribution in [0.3, 0.4) is 0 Å². The summed E-state index contributed by atoms with van der Waals surface area (Å²) in [6.45, 7) is 18.0. The second-order valence-corrected chi connectivity index (χ2v) is 18.4. The molecule has 8 atom stereocenters. The average molecular weight is 790 g/mol. The molecule has 1 aliphatic heterocycles. The summed E-state index contributed by atoms with van der Waals surface area (Å²) in [7, 11) is 0. The third kappa shape index (κ3) is 7.51. The van der Waals surface area contributed by atoms with Crippen LogP contribution in [0.5, 0.6) is 0 Å². The number of ether oxygens (including phenoxy) is 1. The van der Waals surface area contributed by atoms with Crippen LogP contribution < -0.4 is 21.6 Å². The zero-order valence-electron chi connectivity index (χ0n) is 26.2. The van der Waals surface area contributed by atoms with E-state index in [9.17, 15) is 19.8 Å². The van der Waals surface area contributed by atoms with Crippen LogP contribution in [0.1, 0.15) is 120 Å². The van der Waals surface area contributed by atoms with Gasteiger partial charge in [0.15, 0.2) is 0 Å². The summed E-state index contributed by atoms with van der Waals surface area (Å²) in [5.41, 5.74) is 0.411. The topological polar surface area (TPSA) is 93.1 Å². The standard InChI is InChI=1S/C32H55I2O6/c1-21(12-14-33)28(3,4)18-29(5,6)24(36)16-23(35)17-27(38)40-34-15-13-22(2)30(7)19-32(30)20-31(32,8)25-10-9-11-26(37)39-25/h21-25,35-36H,9-20H2,1-8H3/q-1/t21-,22+,23+,24-,25-,30?,31?,32?/m0/s1. The maximum atomic E-state index is 12.4. The first-order chi connectivity index (χ1) is 18.4. The van der Waals surface area contributed by atoms with E-state index in [2.05, 4.69) is 78.0 Å². The summed E-state index contributed by atoms with van der Waals surface area (Å²) >= 11 is 1.69. The molecule has 6 nitrogen and oxygen atoms in total. The number of aliphatic hydroxyl groups excluding tert-OH is 2. The fraction of sp³-hybridized carbons (Fsp3) is 0.938. The molecule has 0 aromatic carbocycles. The van der Waals surface area contributed by atoms with E-state index in [1.807, 2.05) is 0 Å². The summed E-state index contributed by atoms with van der Waals surface area (Å²) in [4.78, 5) is 24.3. The molecule has 3 rings (SSSR count). The molecule has 2 aliphatic carbocycles. The van der Waals surface area contributed by atoms with Gasteiger partial charge in [-0.05, 0) is 0 Å². The number of carbonyl (C=O) groups is 2. The second-order valence-electron chi connectivity index (χ2n) is 15.2. The Morgan fingerprint density at radius 1 is 1.15 bits per heavy atom. The predicted molar refractivity (Wildman–Crippen MR) is 162 cm³/mol. The number of hydrogen-bond donors (Lipinski definition) is 2. The van der Waals surface area contributed by atoms with E-state index in [4.69, 9.17) is 7.80 Å². The van der Waals surface area contributed by atoms with Crippen LogP contribution in [-0.2, 0) is 17.4 Å². The van der Waals surface area contributed by atoms with Crippen molar-refractivity contribution in [3.8, 4) is 0 Å². The molecular weight excluding hydrogens is 734 g/mol. The SMILES string of the molecule is C[C@H](CC[I-]OC(=O)C[C@H](O)C[C@H](O)C(C)(C)CC(C)(C)[C@@H](C)CCI)C1(C)CC12CC2(C)[C@@H]1CCCC(=O)O1. The first-order valence-electron chi connectivity index (χ1n) is 15.3. The number of cyclic esters (lactones) is 1. The summed E-state index contributed by atoms with van der Waals surface area (Å²) in [5, 5.41) is 21.5. The molecule has 3 fully saturated rings. The van der Waals surface area contributed by atoms with Gasteiger partial charge in [0.2, 0.25) is 0 Å². The van der Waals surface area contributed by atoms with Crippen molar-refractivity contribution >= 4 is 34.5 Å². The van der Waals surface area contributed by atoms with Gasteiger partial charge in [0, 0.05) is 0 Å². The number of aliphatic hydroxyl groups is 2. The van der Waals surface area contributed by atoms with Gasteiger partial charge >= 0.3 is 247 Å². The Balaban J connectivity index is 1.36. The van der Waals surface area contributed by atoms with Gasteiger partial charge in [0.1, 0.15) is 0 Å². The van der Waals surface area contributed by atoms with Crippen LogP contribution in [0.25, 0.3) is 0 Å². The molecule has 2 N–H and O–H groups in total. The first-order valence-corrected chi connectivity index (χ1v) is 19.3. The molecule has 3 aliphatic rings. The molecule has 1 spiro atoms. The quantitative estimate of drug-likeness (QED) is 0.107. The van der Waals surface area contributed by atoms with Crippen molar-refractivity contribution in [2.24, 2.45) is 38.9 Å². The zero-order chi connectivity index (χ0) is 30.1. The van der Waals surface area contributed by atoms with E-state index in [1.165, 1.54) is 6.42 Å². The van der Waals surface area contributed by atoms with Crippen LogP contribution in [-0.4, -0.2) is 49.3 Å². The zero-order valence-corrected chi connectivity index (χ0v) is 30.5. The number of esters is 1. The number of rotatable bonds is 16. The van der Waals surface area contributed by atoms with Gasteiger partial charge in [-0.2, -0.15) is 0 Å². The van der Waals surface area contributed by atoms with Crippen molar-refractivity contribution in [1.82, 2.24) is 0 Å². The minimum absolute atomic E-state index is 0.0365. The Kier molecular flexibility index (Phi) is 11.4. The van der Waals surface area contributed by atoms with Gasteiger partial charge in [-0.3, -0.25) is 0 Å². The molecular formula is C32H55I2O6-. The first kappa shape index (κ1) is 34.8. The number of alkyl halides is 2. The van der Waals surface area contributed by atoms with Gasteiger partial charge in [0.05, 0.1) is 0 Å². The van der Waals surface area contributed by atoms with Crippen molar-refractivity contribution in [1.29, 1.82) is 0 Å². The Bertz CT molecular complexity index is 908. The van der Waals surface area contributed by atoms with E-state index in [0.29, 0.717) is 23.7 Å². The molecule has 0 radical (unpaired) electrons. The van der Waals surface area contributed by atoms with Crippen LogP contribution in [0.15, 0.2) is 0 Å². The van der Waals surface area contributed by atoms with Crippen LogP contribution in [0.2, 0.25) is 0 Å². The molecule has 0 aromatic heterocycles.